The van der Waals surface area contributed by atoms with E-state index < -0.39 is 35.2 Å². The molecule has 1 fully saturated rings. The fourth-order valence-electron chi connectivity index (χ4n) is 4.41. The molecule has 1 aromatic heterocycles. The molecule has 5 nitrogen and oxygen atoms in total. The summed E-state index contributed by atoms with van der Waals surface area (Å²) in [5.74, 6) is -2.30. The van der Waals surface area contributed by atoms with Gasteiger partial charge in [0.1, 0.15) is 17.7 Å². The molecule has 4 aromatic rings. The van der Waals surface area contributed by atoms with Crippen molar-refractivity contribution < 1.29 is 28.2 Å². The van der Waals surface area contributed by atoms with Crippen LogP contribution in [0.2, 0.25) is 4.34 Å². The van der Waals surface area contributed by atoms with Crippen LogP contribution in [0.25, 0.3) is 21.6 Å². The third-order valence-electron chi connectivity index (χ3n) is 6.70. The highest BCUT2D eigenvalue weighted by atomic mass is 35.5. The van der Waals surface area contributed by atoms with E-state index in [1.807, 2.05) is 48.5 Å². The molecule has 2 N–H and O–H groups in total. The Kier molecular flexibility index (Phi) is 6.94. The maximum atomic E-state index is 14.0. The first kappa shape index (κ1) is 25.9. The number of amides is 1. The third kappa shape index (κ3) is 5.14. The van der Waals surface area contributed by atoms with Gasteiger partial charge in [-0.15, -0.1) is 11.3 Å². The number of aliphatic carboxylic acids is 1. The van der Waals surface area contributed by atoms with Crippen LogP contribution >= 0.6 is 22.9 Å². The predicted octanol–water partition coefficient (Wildman–Crippen LogP) is 8.44. The first-order valence-electron chi connectivity index (χ1n) is 11.8. The van der Waals surface area contributed by atoms with E-state index in [-0.39, 0.29) is 5.56 Å². The van der Waals surface area contributed by atoms with Crippen molar-refractivity contribution in [3.05, 3.63) is 99.9 Å². The molecular weight excluding hydrogens is 532 g/mol. The maximum Gasteiger partial charge on any atom is 0.412 e. The number of thiophene rings is 1. The molecule has 38 heavy (non-hydrogen) atoms. The highest BCUT2D eigenvalue weighted by Gasteiger charge is 2.51. The Morgan fingerprint density at radius 1 is 0.974 bits per heavy atom. The quantitative estimate of drug-likeness (QED) is 0.241. The Morgan fingerprint density at radius 3 is 2.16 bits per heavy atom. The summed E-state index contributed by atoms with van der Waals surface area (Å²) in [7, 11) is 0. The van der Waals surface area contributed by atoms with Gasteiger partial charge in [-0.1, -0.05) is 60.1 Å². The molecule has 0 bridgehead atoms. The van der Waals surface area contributed by atoms with Gasteiger partial charge in [-0.25, -0.2) is 13.6 Å². The Hall–Kier alpha value is -3.75. The van der Waals surface area contributed by atoms with E-state index in [4.69, 9.17) is 16.3 Å². The number of ether oxygens (including phenoxy) is 1. The van der Waals surface area contributed by atoms with E-state index >= 15 is 0 Å². The zero-order valence-corrected chi connectivity index (χ0v) is 21.7. The summed E-state index contributed by atoms with van der Waals surface area (Å²) >= 11 is 7.52. The van der Waals surface area contributed by atoms with Crippen LogP contribution < -0.4 is 5.32 Å². The standard InChI is InChI=1S/C29H22ClF2NO4S/c1-16(22-11-10-21(31)14-23(22)32)37-28(36)33-24-15-25(30)38-26(24)19-4-2-17(3-5-19)18-6-8-20(9-7-18)29(12-13-29)27(34)35/h2-11,14-16H,12-13H2,1H3,(H,33,36)(H,34,35)/t16-/m1/s1. The zero-order chi connectivity index (χ0) is 27.0. The number of anilines is 1. The second-order valence-electron chi connectivity index (χ2n) is 9.17. The molecule has 1 heterocycles. The largest absolute Gasteiger partial charge is 0.481 e. The molecule has 0 radical (unpaired) electrons. The summed E-state index contributed by atoms with van der Waals surface area (Å²) < 4.78 is 33.0. The highest BCUT2D eigenvalue weighted by molar-refractivity contribution is 7.20. The van der Waals surface area contributed by atoms with Gasteiger partial charge in [0, 0.05) is 11.6 Å². The zero-order valence-electron chi connectivity index (χ0n) is 20.1. The molecule has 1 atom stereocenters. The molecule has 1 aliphatic carbocycles. The molecule has 0 aliphatic heterocycles. The Balaban J connectivity index is 1.30. The molecule has 0 saturated heterocycles. The van der Waals surface area contributed by atoms with Gasteiger partial charge in [0.25, 0.3) is 0 Å². The summed E-state index contributed by atoms with van der Waals surface area (Å²) in [6, 6.07) is 19.9. The fraction of sp³-hybridized carbons (Fsp3) is 0.172. The Bertz CT molecular complexity index is 1510. The molecule has 1 amide bonds. The molecular formula is C29H22ClF2NO4S. The molecule has 194 valence electrons. The lowest BCUT2D eigenvalue weighted by Crippen LogP contribution is -2.19. The van der Waals surface area contributed by atoms with Gasteiger partial charge in [0.15, 0.2) is 0 Å². The second-order valence-corrected chi connectivity index (χ2v) is 10.9. The number of carboxylic acid groups (broad SMARTS) is 1. The number of halogens is 3. The van der Waals surface area contributed by atoms with E-state index in [1.165, 1.54) is 24.3 Å². The molecule has 0 spiro atoms. The van der Waals surface area contributed by atoms with Crippen molar-refractivity contribution in [3.63, 3.8) is 0 Å². The van der Waals surface area contributed by atoms with E-state index in [2.05, 4.69) is 5.32 Å². The van der Waals surface area contributed by atoms with E-state index in [9.17, 15) is 23.5 Å². The Labute approximate surface area is 226 Å². The average Bonchev–Trinajstić information content (AvgIpc) is 3.62. The number of hydrogen-bond acceptors (Lipinski definition) is 4. The predicted molar refractivity (Wildman–Crippen MR) is 144 cm³/mol. The smallest absolute Gasteiger partial charge is 0.412 e. The van der Waals surface area contributed by atoms with Gasteiger partial charge in [0.05, 0.1) is 20.3 Å². The number of benzene rings is 3. The van der Waals surface area contributed by atoms with Crippen LogP contribution in [0.1, 0.15) is 37.0 Å². The van der Waals surface area contributed by atoms with E-state index in [1.54, 1.807) is 6.07 Å². The molecule has 1 aliphatic rings. The highest BCUT2D eigenvalue weighted by Crippen LogP contribution is 2.48. The number of nitrogens with one attached hydrogen (secondary N) is 1. The first-order valence-corrected chi connectivity index (χ1v) is 13.0. The second kappa shape index (κ2) is 10.2. The van der Waals surface area contributed by atoms with Gasteiger partial charge in [-0.2, -0.15) is 0 Å². The number of carbonyl (C=O) groups excluding carboxylic acids is 1. The normalized spacial score (nSPS) is 14.5. The van der Waals surface area contributed by atoms with Crippen molar-refractivity contribution in [1.82, 2.24) is 0 Å². The van der Waals surface area contributed by atoms with Crippen molar-refractivity contribution in [2.45, 2.75) is 31.3 Å². The fourth-order valence-corrected chi connectivity index (χ4v) is 5.60. The van der Waals surface area contributed by atoms with E-state index in [0.717, 1.165) is 34.4 Å². The third-order valence-corrected chi connectivity index (χ3v) is 8.01. The monoisotopic (exact) mass is 553 g/mol. The molecule has 1 saturated carbocycles. The van der Waals surface area contributed by atoms with Gasteiger partial charge in [0.2, 0.25) is 0 Å². The number of carbonyl (C=O) groups is 2. The van der Waals surface area contributed by atoms with Crippen LogP contribution in [0, 0.1) is 11.6 Å². The van der Waals surface area contributed by atoms with Crippen molar-refractivity contribution in [1.29, 1.82) is 0 Å². The summed E-state index contributed by atoms with van der Waals surface area (Å²) in [5.41, 5.74) is 3.30. The van der Waals surface area contributed by atoms with Crippen LogP contribution in [0.3, 0.4) is 0 Å². The van der Waals surface area contributed by atoms with Gasteiger partial charge in [-0.3, -0.25) is 10.1 Å². The summed E-state index contributed by atoms with van der Waals surface area (Å²) in [5, 5.41) is 12.2. The maximum absolute atomic E-state index is 14.0. The Morgan fingerprint density at radius 2 is 1.58 bits per heavy atom. The van der Waals surface area contributed by atoms with Crippen molar-refractivity contribution >= 4 is 40.7 Å². The minimum absolute atomic E-state index is 0.0593. The summed E-state index contributed by atoms with van der Waals surface area (Å²) in [4.78, 5) is 24.8. The van der Waals surface area contributed by atoms with Crippen LogP contribution in [0.15, 0.2) is 72.8 Å². The van der Waals surface area contributed by atoms with Crippen LogP contribution in [-0.2, 0) is 14.9 Å². The lowest BCUT2D eigenvalue weighted by molar-refractivity contribution is -0.140. The van der Waals surface area contributed by atoms with Crippen LogP contribution in [-0.4, -0.2) is 17.2 Å². The lowest BCUT2D eigenvalue weighted by Gasteiger charge is -2.15. The minimum Gasteiger partial charge on any atom is -0.481 e. The molecule has 0 unspecified atom stereocenters. The van der Waals surface area contributed by atoms with Crippen LogP contribution in [0.5, 0.6) is 0 Å². The molecule has 5 rings (SSSR count). The molecule has 3 aromatic carbocycles. The summed E-state index contributed by atoms with van der Waals surface area (Å²) in [6.45, 7) is 1.49. The SMILES string of the molecule is C[C@@H](OC(=O)Nc1cc(Cl)sc1-c1ccc(-c2ccc(C3(C(=O)O)CC3)cc2)cc1)c1ccc(F)cc1F. The van der Waals surface area contributed by atoms with Crippen molar-refractivity contribution in [2.24, 2.45) is 0 Å². The average molecular weight is 554 g/mol. The van der Waals surface area contributed by atoms with Gasteiger partial charge < -0.3 is 9.84 Å². The summed E-state index contributed by atoms with van der Waals surface area (Å²) in [6.07, 6.45) is -0.426. The number of carboxylic acids is 1. The first-order chi connectivity index (χ1) is 18.2. The lowest BCUT2D eigenvalue weighted by atomic mass is 9.93. The topological polar surface area (TPSA) is 75.6 Å². The van der Waals surface area contributed by atoms with E-state index in [0.29, 0.717) is 27.7 Å². The van der Waals surface area contributed by atoms with Gasteiger partial charge in [-0.05, 0) is 60.2 Å². The minimum atomic E-state index is -0.941. The van der Waals surface area contributed by atoms with Crippen molar-refractivity contribution in [2.75, 3.05) is 5.32 Å². The molecule has 9 heteroatoms. The van der Waals surface area contributed by atoms with Gasteiger partial charge >= 0.3 is 12.1 Å². The number of rotatable bonds is 7. The van der Waals surface area contributed by atoms with Crippen molar-refractivity contribution in [3.8, 4) is 21.6 Å². The number of hydrogen-bond donors (Lipinski definition) is 2. The van der Waals surface area contributed by atoms with Crippen LogP contribution in [0.4, 0.5) is 19.3 Å².